The van der Waals surface area contributed by atoms with E-state index >= 15 is 0 Å². The van der Waals surface area contributed by atoms with Crippen molar-refractivity contribution >= 4 is 23.7 Å². The third kappa shape index (κ3) is 6.07. The van der Waals surface area contributed by atoms with Gasteiger partial charge in [0.1, 0.15) is 0 Å². The van der Waals surface area contributed by atoms with Gasteiger partial charge in [0.05, 0.1) is 6.21 Å². The average Bonchev–Trinajstić information content (AvgIpc) is 2.37. The van der Waals surface area contributed by atoms with Crippen LogP contribution in [0.1, 0.15) is 26.3 Å². The zero-order valence-electron chi connectivity index (χ0n) is 13.1. The molecule has 0 fully saturated rings. The Bertz CT molecular complexity index is 528. The van der Waals surface area contributed by atoms with Gasteiger partial charge in [0.2, 0.25) is 0 Å². The van der Waals surface area contributed by atoms with Crippen molar-refractivity contribution in [2.75, 3.05) is 19.0 Å². The normalized spacial score (nSPS) is 11.3. The number of nitrogens with one attached hydrogen (secondary N) is 2. The zero-order valence-corrected chi connectivity index (χ0v) is 13.1. The second-order valence-corrected chi connectivity index (χ2v) is 5.89. The van der Waals surface area contributed by atoms with Crippen LogP contribution in [-0.4, -0.2) is 37.7 Å². The van der Waals surface area contributed by atoms with Crippen LogP contribution in [0.5, 0.6) is 0 Å². The van der Waals surface area contributed by atoms with Gasteiger partial charge in [-0.25, -0.2) is 5.43 Å². The molecule has 0 aromatic heterocycles. The molecule has 0 saturated carbocycles. The van der Waals surface area contributed by atoms with Crippen molar-refractivity contribution in [2.24, 2.45) is 5.10 Å². The molecule has 114 valence electrons. The third-order valence-corrected chi connectivity index (χ3v) is 2.48. The minimum atomic E-state index is -0.786. The molecule has 2 N–H and O–H groups in total. The molecule has 21 heavy (non-hydrogen) atoms. The van der Waals surface area contributed by atoms with Crippen LogP contribution in [0, 0.1) is 0 Å². The summed E-state index contributed by atoms with van der Waals surface area (Å²) in [5.41, 5.74) is 3.64. The third-order valence-electron chi connectivity index (χ3n) is 2.48. The summed E-state index contributed by atoms with van der Waals surface area (Å²) in [6, 6.07) is 7.63. The summed E-state index contributed by atoms with van der Waals surface area (Å²) in [5.74, 6) is -1.49. The number of anilines is 1. The molecule has 0 aliphatic heterocycles. The Hall–Kier alpha value is -2.37. The van der Waals surface area contributed by atoms with Gasteiger partial charge in [-0.3, -0.25) is 9.59 Å². The maximum atomic E-state index is 11.5. The number of carbonyl (C=O) groups is 2. The highest BCUT2D eigenvalue weighted by Gasteiger charge is 2.19. The molecule has 0 aliphatic rings. The van der Waals surface area contributed by atoms with Crippen molar-refractivity contribution in [1.29, 1.82) is 0 Å². The summed E-state index contributed by atoms with van der Waals surface area (Å²) in [7, 11) is 3.91. The van der Waals surface area contributed by atoms with Crippen molar-refractivity contribution in [3.8, 4) is 0 Å². The number of hydrazone groups is 1. The molecule has 0 atom stereocenters. The molecule has 2 amide bonds. The maximum absolute atomic E-state index is 11.5. The predicted molar refractivity (Wildman–Crippen MR) is 84.4 cm³/mol. The average molecular weight is 290 g/mol. The van der Waals surface area contributed by atoms with Gasteiger partial charge in [0.25, 0.3) is 0 Å². The van der Waals surface area contributed by atoms with Gasteiger partial charge < -0.3 is 10.2 Å². The maximum Gasteiger partial charge on any atom is 0.329 e. The van der Waals surface area contributed by atoms with E-state index in [4.69, 9.17) is 0 Å². The highest BCUT2D eigenvalue weighted by Crippen LogP contribution is 2.10. The zero-order chi connectivity index (χ0) is 16.0. The number of nitrogens with zero attached hydrogens (tertiary/aromatic N) is 2. The van der Waals surface area contributed by atoms with Crippen molar-refractivity contribution in [3.63, 3.8) is 0 Å². The molecule has 0 radical (unpaired) electrons. The van der Waals surface area contributed by atoms with E-state index < -0.39 is 17.4 Å². The van der Waals surface area contributed by atoms with E-state index in [-0.39, 0.29) is 0 Å². The van der Waals surface area contributed by atoms with Crippen molar-refractivity contribution in [3.05, 3.63) is 29.8 Å². The van der Waals surface area contributed by atoms with Crippen molar-refractivity contribution in [1.82, 2.24) is 10.7 Å². The van der Waals surface area contributed by atoms with E-state index in [1.54, 1.807) is 20.8 Å². The van der Waals surface area contributed by atoms with Crippen LogP contribution >= 0.6 is 0 Å². The fraction of sp³-hybridized carbons (Fsp3) is 0.400. The Morgan fingerprint density at radius 3 is 2.14 bits per heavy atom. The largest absolute Gasteiger partial charge is 0.378 e. The standard InChI is InChI=1S/C15H22N4O2/c1-15(2,3)17-13(20)14(21)18-16-10-11-6-8-12(9-7-11)19(4)5/h6-10H,1-5H3,(H,17,20)(H,18,21)/b16-10+. The Kier molecular flexibility index (Phi) is 5.46. The molecule has 0 aliphatic carbocycles. The molecule has 0 saturated heterocycles. The molecule has 1 aromatic rings. The second-order valence-electron chi connectivity index (χ2n) is 5.89. The molecular weight excluding hydrogens is 268 g/mol. The van der Waals surface area contributed by atoms with Crippen LogP contribution in [-0.2, 0) is 9.59 Å². The van der Waals surface area contributed by atoms with Gasteiger partial charge in [-0.15, -0.1) is 0 Å². The summed E-state index contributed by atoms with van der Waals surface area (Å²) < 4.78 is 0. The van der Waals surface area contributed by atoms with Gasteiger partial charge in [0.15, 0.2) is 0 Å². The van der Waals surface area contributed by atoms with Crippen LogP contribution in [0.2, 0.25) is 0 Å². The summed E-state index contributed by atoms with van der Waals surface area (Å²) in [6.45, 7) is 5.40. The molecule has 0 bridgehead atoms. The lowest BCUT2D eigenvalue weighted by Gasteiger charge is -2.19. The van der Waals surface area contributed by atoms with E-state index in [1.165, 1.54) is 6.21 Å². The van der Waals surface area contributed by atoms with E-state index in [9.17, 15) is 9.59 Å². The Morgan fingerprint density at radius 2 is 1.67 bits per heavy atom. The van der Waals surface area contributed by atoms with Crippen LogP contribution in [0.25, 0.3) is 0 Å². The quantitative estimate of drug-likeness (QED) is 0.498. The Labute approximate surface area is 125 Å². The number of hydrogen-bond acceptors (Lipinski definition) is 4. The molecule has 6 heteroatoms. The lowest BCUT2D eigenvalue weighted by molar-refractivity contribution is -0.140. The Morgan fingerprint density at radius 1 is 1.10 bits per heavy atom. The summed E-state index contributed by atoms with van der Waals surface area (Å²) in [5, 5.41) is 6.33. The minimum Gasteiger partial charge on any atom is -0.378 e. The van der Waals surface area contributed by atoms with E-state index in [0.29, 0.717) is 0 Å². The lowest BCUT2D eigenvalue weighted by Crippen LogP contribution is -2.47. The number of carbonyl (C=O) groups excluding carboxylic acids is 2. The Balaban J connectivity index is 2.54. The van der Waals surface area contributed by atoms with Gasteiger partial charge in [-0.2, -0.15) is 5.10 Å². The first-order valence-electron chi connectivity index (χ1n) is 6.62. The highest BCUT2D eigenvalue weighted by molar-refractivity contribution is 6.35. The van der Waals surface area contributed by atoms with Gasteiger partial charge in [-0.1, -0.05) is 12.1 Å². The number of hydrogen-bond donors (Lipinski definition) is 2. The number of amides is 2. The molecule has 0 unspecified atom stereocenters. The van der Waals surface area contributed by atoms with E-state index in [0.717, 1.165) is 11.3 Å². The molecule has 6 nitrogen and oxygen atoms in total. The number of rotatable bonds is 3. The minimum absolute atomic E-state index is 0.458. The summed E-state index contributed by atoms with van der Waals surface area (Å²) in [4.78, 5) is 25.0. The van der Waals surface area contributed by atoms with Crippen LogP contribution in [0.15, 0.2) is 29.4 Å². The van der Waals surface area contributed by atoms with E-state index in [2.05, 4.69) is 15.8 Å². The van der Waals surface area contributed by atoms with Crippen molar-refractivity contribution < 1.29 is 9.59 Å². The van der Waals surface area contributed by atoms with Gasteiger partial charge in [0, 0.05) is 25.3 Å². The fourth-order valence-corrected chi connectivity index (χ4v) is 1.47. The van der Waals surface area contributed by atoms with Crippen LogP contribution in [0.4, 0.5) is 5.69 Å². The molecule has 0 heterocycles. The lowest BCUT2D eigenvalue weighted by atomic mass is 10.1. The first-order valence-corrected chi connectivity index (χ1v) is 6.62. The van der Waals surface area contributed by atoms with Crippen LogP contribution in [0.3, 0.4) is 0 Å². The second kappa shape index (κ2) is 6.88. The van der Waals surface area contributed by atoms with Gasteiger partial charge in [-0.05, 0) is 38.5 Å². The smallest absolute Gasteiger partial charge is 0.329 e. The van der Waals surface area contributed by atoms with E-state index in [1.807, 2.05) is 43.3 Å². The first-order chi connectivity index (χ1) is 9.69. The first kappa shape index (κ1) is 16.7. The SMILES string of the molecule is CN(C)c1ccc(/C=N/NC(=O)C(=O)NC(C)(C)C)cc1. The van der Waals surface area contributed by atoms with Crippen LogP contribution < -0.4 is 15.6 Å². The highest BCUT2D eigenvalue weighted by atomic mass is 16.2. The molecule has 1 aromatic carbocycles. The number of benzene rings is 1. The molecule has 0 spiro atoms. The predicted octanol–water partition coefficient (Wildman–Crippen LogP) is 1.12. The topological polar surface area (TPSA) is 73.8 Å². The monoisotopic (exact) mass is 290 g/mol. The summed E-state index contributed by atoms with van der Waals surface area (Å²) >= 11 is 0. The molecule has 1 rings (SSSR count). The molecular formula is C15H22N4O2. The van der Waals surface area contributed by atoms with Crippen molar-refractivity contribution in [2.45, 2.75) is 26.3 Å². The summed E-state index contributed by atoms with van der Waals surface area (Å²) in [6.07, 6.45) is 1.49. The fourth-order valence-electron chi connectivity index (χ4n) is 1.47. The van der Waals surface area contributed by atoms with Gasteiger partial charge >= 0.3 is 11.8 Å².